The SMILES string of the molecule is CC1C(C2CCCCC2)CCN1C.CCC(C=O)CCCC(CF)NC(=O)OC(C)(C)C.CCOC(=O)OCOC.O=CNc1ccc2oc(C=O)cc2c1. The number of alkyl carbamates (subject to hydrolysis) is 1. The van der Waals surface area contributed by atoms with E-state index in [0.717, 1.165) is 42.4 Å². The normalized spacial score (nSPS) is 18.1. The fraction of sp³-hybridized carbons (Fsp3) is 0.683. The maximum atomic E-state index is 12.8. The summed E-state index contributed by atoms with van der Waals surface area (Å²) < 4.78 is 36.2. The van der Waals surface area contributed by atoms with E-state index in [9.17, 15) is 28.4 Å². The van der Waals surface area contributed by atoms with Crippen LogP contribution in [0.4, 0.5) is 19.7 Å². The monoisotopic (exact) mass is 779 g/mol. The van der Waals surface area contributed by atoms with Crippen molar-refractivity contribution in [2.24, 2.45) is 17.8 Å². The van der Waals surface area contributed by atoms with Crippen LogP contribution >= 0.6 is 0 Å². The lowest BCUT2D eigenvalue weighted by Crippen LogP contribution is -2.40. The number of hydrogen-bond acceptors (Lipinski definition) is 11. The lowest BCUT2D eigenvalue weighted by atomic mass is 9.77. The fourth-order valence-corrected chi connectivity index (χ4v) is 6.52. The van der Waals surface area contributed by atoms with Crippen molar-refractivity contribution in [1.82, 2.24) is 10.2 Å². The zero-order valence-electron chi connectivity index (χ0n) is 34.2. The Bertz CT molecular complexity index is 1390. The summed E-state index contributed by atoms with van der Waals surface area (Å²) >= 11 is 0. The van der Waals surface area contributed by atoms with E-state index in [0.29, 0.717) is 43.4 Å². The van der Waals surface area contributed by atoms with Gasteiger partial charge in [0.25, 0.3) is 0 Å². The molecule has 14 heteroatoms. The number of halogens is 1. The number of furan rings is 1. The topological polar surface area (TPSA) is 163 Å². The Morgan fingerprint density at radius 3 is 2.27 bits per heavy atom. The van der Waals surface area contributed by atoms with Gasteiger partial charge in [0.2, 0.25) is 6.41 Å². The zero-order chi connectivity index (χ0) is 41.2. The van der Waals surface area contributed by atoms with Crippen LogP contribution in [-0.4, -0.2) is 94.6 Å². The van der Waals surface area contributed by atoms with Gasteiger partial charge in [0.1, 0.15) is 24.1 Å². The van der Waals surface area contributed by atoms with Gasteiger partial charge in [-0.1, -0.05) is 45.4 Å². The van der Waals surface area contributed by atoms with Crippen LogP contribution in [0, 0.1) is 17.8 Å². The number of nitrogens with one attached hydrogen (secondary N) is 2. The van der Waals surface area contributed by atoms with Gasteiger partial charge >= 0.3 is 12.2 Å². The van der Waals surface area contributed by atoms with Crippen molar-refractivity contribution in [2.45, 2.75) is 123 Å². The first kappa shape index (κ1) is 49.0. The predicted molar refractivity (Wildman–Crippen MR) is 211 cm³/mol. The number of carbonyl (C=O) groups is 5. The van der Waals surface area contributed by atoms with Gasteiger partial charge in [0, 0.05) is 30.1 Å². The number of methoxy groups -OCH3 is 1. The number of hydrogen-bond donors (Lipinski definition) is 2. The third-order valence-corrected chi connectivity index (χ3v) is 9.57. The second kappa shape index (κ2) is 27.5. The molecule has 2 N–H and O–H groups in total. The molecule has 4 rings (SSSR count). The molecule has 1 aromatic heterocycles. The number of benzene rings is 1. The van der Waals surface area contributed by atoms with Crippen LogP contribution in [0.1, 0.15) is 116 Å². The average molecular weight is 780 g/mol. The van der Waals surface area contributed by atoms with Gasteiger partial charge in [-0.15, -0.1) is 0 Å². The smallest absolute Gasteiger partial charge is 0.453 e. The first-order valence-corrected chi connectivity index (χ1v) is 19.4. The van der Waals surface area contributed by atoms with E-state index in [-0.39, 0.29) is 18.5 Å². The summed E-state index contributed by atoms with van der Waals surface area (Å²) in [5, 5.41) is 5.82. The summed E-state index contributed by atoms with van der Waals surface area (Å²) in [4.78, 5) is 55.6. The lowest BCUT2D eigenvalue weighted by Gasteiger charge is -2.31. The predicted octanol–water partition coefficient (Wildman–Crippen LogP) is 8.73. The second-order valence-corrected chi connectivity index (χ2v) is 14.8. The molecular formula is C41H66FN3O10. The highest BCUT2D eigenvalue weighted by Crippen LogP contribution is 2.38. The van der Waals surface area contributed by atoms with Crippen LogP contribution in [-0.2, 0) is 28.5 Å². The number of anilines is 1. The van der Waals surface area contributed by atoms with Crippen molar-refractivity contribution in [3.8, 4) is 0 Å². The van der Waals surface area contributed by atoms with Crippen LogP contribution < -0.4 is 10.6 Å². The molecule has 13 nitrogen and oxygen atoms in total. The second-order valence-electron chi connectivity index (χ2n) is 14.8. The van der Waals surface area contributed by atoms with Gasteiger partial charge < -0.3 is 43.7 Å². The average Bonchev–Trinajstić information content (AvgIpc) is 3.74. The van der Waals surface area contributed by atoms with Crippen molar-refractivity contribution in [3.05, 3.63) is 30.0 Å². The zero-order valence-corrected chi connectivity index (χ0v) is 34.2. The van der Waals surface area contributed by atoms with Crippen molar-refractivity contribution >= 4 is 47.9 Å². The molecule has 2 aromatic rings. The van der Waals surface area contributed by atoms with E-state index in [2.05, 4.69) is 43.7 Å². The van der Waals surface area contributed by atoms with Crippen LogP contribution in [0.15, 0.2) is 28.7 Å². The van der Waals surface area contributed by atoms with Gasteiger partial charge in [-0.2, -0.15) is 0 Å². The summed E-state index contributed by atoms with van der Waals surface area (Å²) in [6.07, 6.45) is 12.6. The number of ether oxygens (including phenoxy) is 4. The number of nitrogens with zero attached hydrogens (tertiary/aromatic N) is 1. The molecule has 0 bridgehead atoms. The summed E-state index contributed by atoms with van der Waals surface area (Å²) in [5.74, 6) is 2.39. The Balaban J connectivity index is 0.000000378. The van der Waals surface area contributed by atoms with Gasteiger partial charge in [0.05, 0.1) is 12.6 Å². The number of carbonyl (C=O) groups excluding carboxylic acids is 5. The molecule has 2 heterocycles. The Morgan fingerprint density at radius 1 is 1.04 bits per heavy atom. The van der Waals surface area contributed by atoms with E-state index in [1.165, 1.54) is 52.2 Å². The Morgan fingerprint density at radius 2 is 1.75 bits per heavy atom. The molecule has 0 spiro atoms. The molecule has 2 fully saturated rings. The van der Waals surface area contributed by atoms with Crippen molar-refractivity contribution in [2.75, 3.05) is 46.1 Å². The molecule has 1 saturated heterocycles. The molecule has 0 radical (unpaired) electrons. The summed E-state index contributed by atoms with van der Waals surface area (Å²) in [7, 11) is 3.71. The third kappa shape index (κ3) is 20.5. The van der Waals surface area contributed by atoms with Gasteiger partial charge in [-0.25, -0.2) is 14.0 Å². The molecular weight excluding hydrogens is 713 g/mol. The van der Waals surface area contributed by atoms with Crippen LogP contribution in [0.25, 0.3) is 11.0 Å². The molecule has 55 heavy (non-hydrogen) atoms. The molecule has 1 saturated carbocycles. The van der Waals surface area contributed by atoms with E-state index >= 15 is 0 Å². The molecule has 2 amide bonds. The molecule has 1 aromatic carbocycles. The quantitative estimate of drug-likeness (QED) is 0.101. The molecule has 2 aliphatic rings. The van der Waals surface area contributed by atoms with Crippen LogP contribution in [0.2, 0.25) is 0 Å². The van der Waals surface area contributed by atoms with E-state index in [1.54, 1.807) is 52.0 Å². The first-order valence-electron chi connectivity index (χ1n) is 19.4. The minimum Gasteiger partial charge on any atom is -0.453 e. The molecule has 4 atom stereocenters. The first-order chi connectivity index (χ1) is 26.2. The summed E-state index contributed by atoms with van der Waals surface area (Å²) in [6.45, 7) is 12.3. The third-order valence-electron chi connectivity index (χ3n) is 9.57. The van der Waals surface area contributed by atoms with Gasteiger partial charge in [-0.05, 0) is 110 Å². The van der Waals surface area contributed by atoms with E-state index < -0.39 is 30.6 Å². The minimum atomic E-state index is -0.695. The fourth-order valence-electron chi connectivity index (χ4n) is 6.52. The van der Waals surface area contributed by atoms with Crippen molar-refractivity contribution in [3.63, 3.8) is 0 Å². The minimum absolute atomic E-state index is 0.0294. The van der Waals surface area contributed by atoms with E-state index in [1.807, 2.05) is 6.92 Å². The van der Waals surface area contributed by atoms with Crippen LogP contribution in [0.3, 0.4) is 0 Å². The maximum Gasteiger partial charge on any atom is 0.510 e. The number of likely N-dealkylation sites (tertiary alicyclic amines) is 1. The summed E-state index contributed by atoms with van der Waals surface area (Å²) in [6, 6.07) is 7.07. The van der Waals surface area contributed by atoms with Crippen molar-refractivity contribution < 1.29 is 51.7 Å². The summed E-state index contributed by atoms with van der Waals surface area (Å²) in [5.41, 5.74) is 0.713. The van der Waals surface area contributed by atoms with Gasteiger partial charge in [0.15, 0.2) is 18.8 Å². The standard InChI is InChI=1S/C14H26FNO3.C12H23N.C10H7NO3.C5H10O4/c1-5-11(10-17)7-6-8-12(9-15)16-13(18)19-14(2,3)4;1-10-12(8-9-13(10)2)11-6-4-3-5-7-11;12-5-9-4-7-3-8(11-6-13)1-2-10(7)14-9;1-3-8-5(6)9-4-7-2/h10-12H,5-9H2,1-4H3,(H,16,18);10-12H,3-9H2,1-2H3;1-6H,(H,11,13);3-4H2,1-2H3. The highest BCUT2D eigenvalue weighted by atomic mass is 19.1. The highest BCUT2D eigenvalue weighted by molar-refractivity contribution is 5.88. The molecule has 1 aliphatic heterocycles. The van der Waals surface area contributed by atoms with Crippen LogP contribution in [0.5, 0.6) is 0 Å². The van der Waals surface area contributed by atoms with Gasteiger partial charge in [-0.3, -0.25) is 9.59 Å². The maximum absolute atomic E-state index is 12.8. The number of alkyl halides is 1. The van der Waals surface area contributed by atoms with E-state index in [4.69, 9.17) is 9.15 Å². The number of amides is 2. The number of fused-ring (bicyclic) bond motifs is 1. The number of aldehydes is 2. The Labute approximate surface area is 326 Å². The largest absolute Gasteiger partial charge is 0.510 e. The molecule has 312 valence electrons. The van der Waals surface area contributed by atoms with Crippen molar-refractivity contribution in [1.29, 1.82) is 0 Å². The number of rotatable bonds is 15. The molecule has 1 aliphatic carbocycles. The Kier molecular flexibility index (Phi) is 24.5. The molecule has 4 unspecified atom stereocenters. The Hall–Kier alpha value is -4.04. The highest BCUT2D eigenvalue weighted by Gasteiger charge is 2.34. The lowest BCUT2D eigenvalue weighted by molar-refractivity contribution is -0.111.